The van der Waals surface area contributed by atoms with E-state index in [4.69, 9.17) is 0 Å². The Bertz CT molecular complexity index is 217. The first-order valence-electron chi connectivity index (χ1n) is 9.47. The standard InChI is InChI=1S/C20H43N/c1-8-9-10-11-12-13-14-15-16-17-18-21(19(2,3)4)20(5,6)7/h8-18H2,1-7H3. The molecule has 0 amide bonds. The molecule has 0 atom stereocenters. The van der Waals surface area contributed by atoms with E-state index in [1.807, 2.05) is 0 Å². The molecule has 0 saturated carbocycles. The van der Waals surface area contributed by atoms with Crippen LogP contribution in [0.3, 0.4) is 0 Å². The SMILES string of the molecule is CCCCCCCCCCCCN(C(C)(C)C)C(C)(C)C. The lowest BCUT2D eigenvalue weighted by molar-refractivity contribution is 0.0367. The van der Waals surface area contributed by atoms with Crippen LogP contribution in [0, 0.1) is 0 Å². The van der Waals surface area contributed by atoms with Crippen molar-refractivity contribution in [2.24, 2.45) is 0 Å². The van der Waals surface area contributed by atoms with Crippen LogP contribution in [-0.4, -0.2) is 22.5 Å². The van der Waals surface area contributed by atoms with Crippen molar-refractivity contribution in [2.45, 2.75) is 124 Å². The molecule has 0 heterocycles. The zero-order valence-corrected chi connectivity index (χ0v) is 16.2. The molecule has 0 aliphatic rings. The summed E-state index contributed by atoms with van der Waals surface area (Å²) >= 11 is 0. The van der Waals surface area contributed by atoms with Crippen LogP contribution in [0.2, 0.25) is 0 Å². The molecule has 0 spiro atoms. The Morgan fingerprint density at radius 3 is 1.19 bits per heavy atom. The Kier molecular flexibility index (Phi) is 10.6. The van der Waals surface area contributed by atoms with Crippen molar-refractivity contribution in [3.63, 3.8) is 0 Å². The van der Waals surface area contributed by atoms with Crippen molar-refractivity contribution in [3.8, 4) is 0 Å². The summed E-state index contributed by atoms with van der Waals surface area (Å²) in [4.78, 5) is 2.66. The molecule has 0 fully saturated rings. The Balaban J connectivity index is 3.65. The van der Waals surface area contributed by atoms with Gasteiger partial charge in [-0.15, -0.1) is 0 Å². The molecule has 128 valence electrons. The molecule has 0 bridgehead atoms. The molecule has 0 radical (unpaired) electrons. The molecule has 0 aromatic carbocycles. The lowest BCUT2D eigenvalue weighted by Gasteiger charge is -2.45. The number of rotatable bonds is 11. The van der Waals surface area contributed by atoms with Crippen LogP contribution in [0.15, 0.2) is 0 Å². The van der Waals surface area contributed by atoms with E-state index in [0.717, 1.165) is 0 Å². The summed E-state index contributed by atoms with van der Waals surface area (Å²) in [5, 5.41) is 0. The second-order valence-corrected chi connectivity index (χ2v) is 8.68. The van der Waals surface area contributed by atoms with Gasteiger partial charge in [0, 0.05) is 11.1 Å². The fourth-order valence-corrected chi connectivity index (χ4v) is 3.43. The molecular weight excluding hydrogens is 254 g/mol. The van der Waals surface area contributed by atoms with Crippen LogP contribution in [-0.2, 0) is 0 Å². The highest BCUT2D eigenvalue weighted by Crippen LogP contribution is 2.25. The number of hydrogen-bond donors (Lipinski definition) is 0. The van der Waals surface area contributed by atoms with Crippen molar-refractivity contribution in [3.05, 3.63) is 0 Å². The van der Waals surface area contributed by atoms with E-state index in [2.05, 4.69) is 53.4 Å². The summed E-state index contributed by atoms with van der Waals surface area (Å²) in [6.07, 6.45) is 14.2. The number of hydrogen-bond acceptors (Lipinski definition) is 1. The molecule has 0 unspecified atom stereocenters. The van der Waals surface area contributed by atoms with E-state index in [1.54, 1.807) is 0 Å². The van der Waals surface area contributed by atoms with Gasteiger partial charge in [-0.25, -0.2) is 0 Å². The Labute approximate surface area is 135 Å². The molecule has 0 saturated heterocycles. The third kappa shape index (κ3) is 11.2. The van der Waals surface area contributed by atoms with E-state index in [1.165, 1.54) is 70.8 Å². The maximum absolute atomic E-state index is 2.66. The van der Waals surface area contributed by atoms with Crippen molar-refractivity contribution < 1.29 is 0 Å². The van der Waals surface area contributed by atoms with Gasteiger partial charge in [-0.3, -0.25) is 4.90 Å². The first-order valence-corrected chi connectivity index (χ1v) is 9.47. The third-order valence-electron chi connectivity index (χ3n) is 4.35. The van der Waals surface area contributed by atoms with Gasteiger partial charge in [-0.05, 0) is 54.5 Å². The minimum Gasteiger partial charge on any atom is -0.294 e. The lowest BCUT2D eigenvalue weighted by atomic mass is 9.95. The van der Waals surface area contributed by atoms with Gasteiger partial charge in [0.15, 0.2) is 0 Å². The molecule has 0 aromatic rings. The molecule has 0 aliphatic heterocycles. The van der Waals surface area contributed by atoms with Gasteiger partial charge in [0.25, 0.3) is 0 Å². The first-order chi connectivity index (χ1) is 9.69. The molecule has 1 nitrogen and oxygen atoms in total. The smallest absolute Gasteiger partial charge is 0.0130 e. The highest BCUT2D eigenvalue weighted by atomic mass is 15.2. The third-order valence-corrected chi connectivity index (χ3v) is 4.35. The number of unbranched alkanes of at least 4 members (excludes halogenated alkanes) is 9. The van der Waals surface area contributed by atoms with Gasteiger partial charge in [0.2, 0.25) is 0 Å². The predicted molar refractivity (Wildman–Crippen MR) is 98.1 cm³/mol. The minimum atomic E-state index is 0.275. The highest BCUT2D eigenvalue weighted by molar-refractivity contribution is 4.86. The van der Waals surface area contributed by atoms with E-state index in [-0.39, 0.29) is 11.1 Å². The fraction of sp³-hybridized carbons (Fsp3) is 1.00. The van der Waals surface area contributed by atoms with Crippen LogP contribution in [0.4, 0.5) is 0 Å². The quantitative estimate of drug-likeness (QED) is 0.379. The molecule has 21 heavy (non-hydrogen) atoms. The molecule has 0 aromatic heterocycles. The van der Waals surface area contributed by atoms with E-state index in [9.17, 15) is 0 Å². The van der Waals surface area contributed by atoms with Gasteiger partial charge < -0.3 is 0 Å². The van der Waals surface area contributed by atoms with Crippen LogP contribution < -0.4 is 0 Å². The second kappa shape index (κ2) is 10.6. The summed E-state index contributed by atoms with van der Waals surface area (Å²) in [6, 6.07) is 0. The predicted octanol–water partition coefficient (Wildman–Crippen LogP) is 6.81. The van der Waals surface area contributed by atoms with Gasteiger partial charge in [0.05, 0.1) is 0 Å². The van der Waals surface area contributed by atoms with Crippen LogP contribution in [0.5, 0.6) is 0 Å². The molecular formula is C20H43N. The summed E-state index contributed by atoms with van der Waals surface area (Å²) in [6.45, 7) is 17.6. The summed E-state index contributed by atoms with van der Waals surface area (Å²) in [5.41, 5.74) is 0.551. The van der Waals surface area contributed by atoms with Crippen molar-refractivity contribution in [1.29, 1.82) is 0 Å². The fourth-order valence-electron chi connectivity index (χ4n) is 3.43. The zero-order valence-electron chi connectivity index (χ0n) is 16.2. The summed E-state index contributed by atoms with van der Waals surface area (Å²) < 4.78 is 0. The Hall–Kier alpha value is -0.0400. The van der Waals surface area contributed by atoms with Crippen LogP contribution in [0.1, 0.15) is 113 Å². The van der Waals surface area contributed by atoms with E-state index < -0.39 is 0 Å². The monoisotopic (exact) mass is 297 g/mol. The Morgan fingerprint density at radius 2 is 0.857 bits per heavy atom. The highest BCUT2D eigenvalue weighted by Gasteiger charge is 2.30. The van der Waals surface area contributed by atoms with Gasteiger partial charge >= 0.3 is 0 Å². The van der Waals surface area contributed by atoms with Gasteiger partial charge in [-0.2, -0.15) is 0 Å². The maximum atomic E-state index is 2.66. The Morgan fingerprint density at radius 1 is 0.524 bits per heavy atom. The van der Waals surface area contributed by atoms with E-state index >= 15 is 0 Å². The number of nitrogens with zero attached hydrogens (tertiary/aromatic N) is 1. The minimum absolute atomic E-state index is 0.275. The molecule has 1 heteroatoms. The summed E-state index contributed by atoms with van der Waals surface area (Å²) in [5.74, 6) is 0. The topological polar surface area (TPSA) is 3.24 Å². The van der Waals surface area contributed by atoms with Gasteiger partial charge in [-0.1, -0.05) is 64.7 Å². The summed E-state index contributed by atoms with van der Waals surface area (Å²) in [7, 11) is 0. The first kappa shape index (κ1) is 21.0. The second-order valence-electron chi connectivity index (χ2n) is 8.68. The maximum Gasteiger partial charge on any atom is 0.0130 e. The molecule has 0 aliphatic carbocycles. The van der Waals surface area contributed by atoms with E-state index in [0.29, 0.717) is 0 Å². The molecule has 0 rings (SSSR count). The van der Waals surface area contributed by atoms with Crippen molar-refractivity contribution in [2.75, 3.05) is 6.54 Å². The largest absolute Gasteiger partial charge is 0.294 e. The van der Waals surface area contributed by atoms with Crippen molar-refractivity contribution >= 4 is 0 Å². The normalized spacial score (nSPS) is 13.1. The van der Waals surface area contributed by atoms with Gasteiger partial charge in [0.1, 0.15) is 0 Å². The van der Waals surface area contributed by atoms with Crippen LogP contribution >= 0.6 is 0 Å². The van der Waals surface area contributed by atoms with Crippen LogP contribution in [0.25, 0.3) is 0 Å². The average Bonchev–Trinajstić information content (AvgIpc) is 2.32. The van der Waals surface area contributed by atoms with Crippen molar-refractivity contribution in [1.82, 2.24) is 4.90 Å². The molecule has 0 N–H and O–H groups in total. The lowest BCUT2D eigenvalue weighted by Crippen LogP contribution is -2.52. The zero-order chi connectivity index (χ0) is 16.4. The average molecular weight is 298 g/mol.